The third kappa shape index (κ3) is 6.56. The van der Waals surface area contributed by atoms with Crippen LogP contribution in [0.3, 0.4) is 0 Å². The Hall–Kier alpha value is -1.48. The first-order chi connectivity index (χ1) is 11.2. The number of rotatable bonds is 6. The fourth-order valence-electron chi connectivity index (χ4n) is 1.99. The molecule has 0 spiro atoms. The van der Waals surface area contributed by atoms with Crippen molar-refractivity contribution in [3.63, 3.8) is 0 Å². The van der Waals surface area contributed by atoms with Crippen molar-refractivity contribution in [3.8, 4) is 0 Å². The van der Waals surface area contributed by atoms with Crippen molar-refractivity contribution in [2.45, 2.75) is 11.4 Å². The first-order valence-electron chi connectivity index (χ1n) is 7.32. The van der Waals surface area contributed by atoms with Crippen LogP contribution in [-0.4, -0.2) is 29.5 Å². The third-order valence-electron chi connectivity index (χ3n) is 3.21. The molecule has 1 unspecified atom stereocenters. The summed E-state index contributed by atoms with van der Waals surface area (Å²) >= 11 is 0. The highest BCUT2D eigenvalue weighted by Crippen LogP contribution is 2.06. The summed E-state index contributed by atoms with van der Waals surface area (Å²) in [6.45, 7) is 0.854. The SMILES string of the molecule is CN=C(NCCS(=O)c1ccccc1)NCc1ccccc1F.I. The molecule has 2 N–H and O–H groups in total. The summed E-state index contributed by atoms with van der Waals surface area (Å²) in [7, 11) is 0.593. The van der Waals surface area contributed by atoms with Gasteiger partial charge in [0.2, 0.25) is 0 Å². The van der Waals surface area contributed by atoms with Gasteiger partial charge in [0.05, 0.1) is 10.8 Å². The maximum atomic E-state index is 13.5. The molecule has 0 aliphatic rings. The van der Waals surface area contributed by atoms with E-state index in [9.17, 15) is 8.60 Å². The number of aliphatic imine (C=N–C) groups is 1. The number of hydrogen-bond acceptors (Lipinski definition) is 2. The average molecular weight is 461 g/mol. The Morgan fingerprint density at radius 1 is 1.08 bits per heavy atom. The van der Waals surface area contributed by atoms with Crippen LogP contribution in [-0.2, 0) is 17.3 Å². The largest absolute Gasteiger partial charge is 0.355 e. The van der Waals surface area contributed by atoms with E-state index < -0.39 is 10.8 Å². The summed E-state index contributed by atoms with van der Waals surface area (Å²) in [4.78, 5) is 4.88. The van der Waals surface area contributed by atoms with E-state index in [-0.39, 0.29) is 29.8 Å². The van der Waals surface area contributed by atoms with Gasteiger partial charge in [-0.25, -0.2) is 4.39 Å². The molecule has 1 atom stereocenters. The Labute approximate surface area is 161 Å². The summed E-state index contributed by atoms with van der Waals surface area (Å²) in [5, 5.41) is 6.12. The maximum absolute atomic E-state index is 13.5. The predicted molar refractivity (Wildman–Crippen MR) is 108 cm³/mol. The van der Waals surface area contributed by atoms with Crippen LogP contribution >= 0.6 is 24.0 Å². The quantitative estimate of drug-likeness (QED) is 0.395. The van der Waals surface area contributed by atoms with E-state index in [2.05, 4.69) is 15.6 Å². The lowest BCUT2D eigenvalue weighted by Gasteiger charge is -2.12. The summed E-state index contributed by atoms with van der Waals surface area (Å²) in [6, 6.07) is 15.9. The van der Waals surface area contributed by atoms with Crippen LogP contribution in [0.25, 0.3) is 0 Å². The molecule has 2 rings (SSSR count). The number of guanidine groups is 1. The molecule has 0 fully saturated rings. The molecular formula is C17H21FIN3OS. The van der Waals surface area contributed by atoms with E-state index >= 15 is 0 Å². The van der Waals surface area contributed by atoms with E-state index in [1.165, 1.54) is 6.07 Å². The van der Waals surface area contributed by atoms with E-state index in [0.29, 0.717) is 30.4 Å². The maximum Gasteiger partial charge on any atom is 0.191 e. The molecule has 0 saturated carbocycles. The normalized spacial score (nSPS) is 12.2. The first-order valence-corrected chi connectivity index (χ1v) is 8.64. The van der Waals surface area contributed by atoms with Gasteiger partial charge in [-0.1, -0.05) is 36.4 Å². The van der Waals surface area contributed by atoms with Gasteiger partial charge in [0.1, 0.15) is 5.82 Å². The molecule has 0 aliphatic carbocycles. The van der Waals surface area contributed by atoms with E-state index in [0.717, 1.165) is 4.90 Å². The second-order valence-corrected chi connectivity index (χ2v) is 6.38. The van der Waals surface area contributed by atoms with Crippen molar-refractivity contribution >= 4 is 40.7 Å². The smallest absolute Gasteiger partial charge is 0.191 e. The molecule has 0 aliphatic heterocycles. The van der Waals surface area contributed by atoms with Gasteiger partial charge in [0.15, 0.2) is 5.96 Å². The molecule has 130 valence electrons. The van der Waals surface area contributed by atoms with Gasteiger partial charge in [-0.15, -0.1) is 24.0 Å². The van der Waals surface area contributed by atoms with Gasteiger partial charge in [0, 0.05) is 36.3 Å². The molecule has 0 aromatic heterocycles. The highest BCUT2D eigenvalue weighted by atomic mass is 127. The van der Waals surface area contributed by atoms with Gasteiger partial charge in [0.25, 0.3) is 0 Å². The molecule has 0 amide bonds. The lowest BCUT2D eigenvalue weighted by molar-refractivity contribution is 0.605. The average Bonchev–Trinajstić information content (AvgIpc) is 2.59. The van der Waals surface area contributed by atoms with Crippen molar-refractivity contribution in [1.82, 2.24) is 10.6 Å². The van der Waals surface area contributed by atoms with E-state index in [1.807, 2.05) is 30.3 Å². The van der Waals surface area contributed by atoms with Gasteiger partial charge < -0.3 is 10.6 Å². The zero-order valence-electron chi connectivity index (χ0n) is 13.4. The van der Waals surface area contributed by atoms with Crippen molar-refractivity contribution in [2.24, 2.45) is 4.99 Å². The lowest BCUT2D eigenvalue weighted by atomic mass is 10.2. The third-order valence-corrected chi connectivity index (χ3v) is 4.59. The van der Waals surface area contributed by atoms with Gasteiger partial charge in [-0.3, -0.25) is 9.20 Å². The molecule has 0 saturated heterocycles. The topological polar surface area (TPSA) is 53.5 Å². The van der Waals surface area contributed by atoms with E-state index in [4.69, 9.17) is 0 Å². The molecule has 24 heavy (non-hydrogen) atoms. The molecule has 2 aromatic carbocycles. The fourth-order valence-corrected chi connectivity index (χ4v) is 2.98. The molecule has 0 heterocycles. The Bertz CT molecular complexity index is 683. The van der Waals surface area contributed by atoms with Gasteiger partial charge >= 0.3 is 0 Å². The van der Waals surface area contributed by atoms with Crippen LogP contribution in [0.1, 0.15) is 5.56 Å². The standard InChI is InChI=1S/C17H20FN3OS.HI/c1-19-17(21-13-14-7-5-6-10-16(14)18)20-11-12-23(22)15-8-3-2-4-9-15;/h2-10H,11-13H2,1H3,(H2,19,20,21);1H. The highest BCUT2D eigenvalue weighted by Gasteiger charge is 2.05. The summed E-state index contributed by atoms with van der Waals surface area (Å²) in [5.41, 5.74) is 0.573. The zero-order valence-corrected chi connectivity index (χ0v) is 16.5. The molecule has 0 radical (unpaired) electrons. The Balaban J connectivity index is 0.00000288. The number of nitrogens with one attached hydrogen (secondary N) is 2. The number of benzene rings is 2. The minimum atomic E-state index is -1.05. The highest BCUT2D eigenvalue weighted by molar-refractivity contribution is 14.0. The molecule has 2 aromatic rings. The minimum Gasteiger partial charge on any atom is -0.355 e. The zero-order chi connectivity index (χ0) is 16.5. The second kappa shape index (κ2) is 11.1. The minimum absolute atomic E-state index is 0. The van der Waals surface area contributed by atoms with Crippen molar-refractivity contribution in [3.05, 3.63) is 66.0 Å². The van der Waals surface area contributed by atoms with E-state index in [1.54, 1.807) is 25.2 Å². The number of halogens is 2. The van der Waals surface area contributed by atoms with Crippen LogP contribution in [0, 0.1) is 5.82 Å². The monoisotopic (exact) mass is 461 g/mol. The number of nitrogens with zero attached hydrogens (tertiary/aromatic N) is 1. The van der Waals surface area contributed by atoms with Crippen molar-refractivity contribution < 1.29 is 8.60 Å². The first kappa shape index (κ1) is 20.6. The number of hydrogen-bond donors (Lipinski definition) is 2. The lowest BCUT2D eigenvalue weighted by Crippen LogP contribution is -2.38. The molecular weight excluding hydrogens is 440 g/mol. The van der Waals surface area contributed by atoms with Crippen LogP contribution < -0.4 is 10.6 Å². The Morgan fingerprint density at radius 3 is 2.42 bits per heavy atom. The molecule has 4 nitrogen and oxygen atoms in total. The summed E-state index contributed by atoms with van der Waals surface area (Å²) in [6.07, 6.45) is 0. The summed E-state index contributed by atoms with van der Waals surface area (Å²) < 4.78 is 25.6. The van der Waals surface area contributed by atoms with Crippen LogP contribution in [0.5, 0.6) is 0 Å². The Kier molecular flexibility index (Phi) is 9.55. The van der Waals surface area contributed by atoms with Gasteiger partial charge in [-0.05, 0) is 18.2 Å². The fraction of sp³-hybridized carbons (Fsp3) is 0.235. The molecule has 7 heteroatoms. The van der Waals surface area contributed by atoms with Crippen LogP contribution in [0.2, 0.25) is 0 Å². The second-order valence-electron chi connectivity index (χ2n) is 4.81. The van der Waals surface area contributed by atoms with Crippen LogP contribution in [0.4, 0.5) is 4.39 Å². The van der Waals surface area contributed by atoms with Gasteiger partial charge in [-0.2, -0.15) is 0 Å². The summed E-state index contributed by atoms with van der Waals surface area (Å²) in [5.74, 6) is 0.781. The molecule has 0 bridgehead atoms. The van der Waals surface area contributed by atoms with Crippen molar-refractivity contribution in [2.75, 3.05) is 19.3 Å². The Morgan fingerprint density at radius 2 is 1.75 bits per heavy atom. The van der Waals surface area contributed by atoms with Crippen LogP contribution in [0.15, 0.2) is 64.5 Å². The van der Waals surface area contributed by atoms with Crippen molar-refractivity contribution in [1.29, 1.82) is 0 Å². The predicted octanol–water partition coefficient (Wildman–Crippen LogP) is 2.92.